The van der Waals surface area contributed by atoms with Crippen molar-refractivity contribution in [1.82, 2.24) is 19.6 Å². The van der Waals surface area contributed by atoms with Crippen LogP contribution in [0.25, 0.3) is 0 Å². The van der Waals surface area contributed by atoms with E-state index in [9.17, 15) is 4.79 Å². The predicted molar refractivity (Wildman–Crippen MR) is 106 cm³/mol. The van der Waals surface area contributed by atoms with Crippen LogP contribution in [0.15, 0.2) is 18.2 Å². The molecule has 146 valence electrons. The largest absolute Gasteiger partial charge is 0.496 e. The fourth-order valence-electron chi connectivity index (χ4n) is 3.60. The van der Waals surface area contributed by atoms with E-state index in [0.29, 0.717) is 11.4 Å². The van der Waals surface area contributed by atoms with E-state index >= 15 is 0 Å². The first-order valence-electron chi connectivity index (χ1n) is 9.20. The molecule has 0 N–H and O–H groups in total. The molecule has 6 nitrogen and oxygen atoms in total. The maximum absolute atomic E-state index is 12.7. The predicted octanol–water partition coefficient (Wildman–Crippen LogP) is 2.59. The third-order valence-electron chi connectivity index (χ3n) is 5.35. The van der Waals surface area contributed by atoms with Crippen LogP contribution in [0.2, 0.25) is 5.02 Å². The lowest BCUT2D eigenvalue weighted by molar-refractivity contribution is -0.132. The van der Waals surface area contributed by atoms with Crippen LogP contribution in [-0.4, -0.2) is 58.8 Å². The molecule has 27 heavy (non-hydrogen) atoms. The third-order valence-corrected chi connectivity index (χ3v) is 5.58. The lowest BCUT2D eigenvalue weighted by Gasteiger charge is -2.35. The van der Waals surface area contributed by atoms with Crippen molar-refractivity contribution in [2.45, 2.75) is 26.8 Å². The molecule has 2 heterocycles. The summed E-state index contributed by atoms with van der Waals surface area (Å²) in [6.45, 7) is 7.90. The Kier molecular flexibility index (Phi) is 6.07. The number of aryl methyl sites for hydroxylation is 2. The standard InChI is InChI=1S/C20H27ClN4O2/c1-14-18(15(2)23(3)22-14)12-20(26)25-9-7-24(8-10-25)13-16-11-17(21)5-6-19(16)27-4/h5-6,11H,7-10,12-13H2,1-4H3. The number of carbonyl (C=O) groups excluding carboxylic acids is 1. The van der Waals surface area contributed by atoms with Crippen molar-refractivity contribution in [2.75, 3.05) is 33.3 Å². The van der Waals surface area contributed by atoms with Crippen molar-refractivity contribution >= 4 is 17.5 Å². The van der Waals surface area contributed by atoms with Gasteiger partial charge in [-0.2, -0.15) is 5.10 Å². The van der Waals surface area contributed by atoms with E-state index in [4.69, 9.17) is 16.3 Å². The molecule has 1 aromatic carbocycles. The second-order valence-electron chi connectivity index (χ2n) is 7.06. The molecule has 0 unspecified atom stereocenters. The van der Waals surface area contributed by atoms with Crippen molar-refractivity contribution < 1.29 is 9.53 Å². The van der Waals surface area contributed by atoms with Crippen molar-refractivity contribution in [3.05, 3.63) is 45.7 Å². The zero-order valence-corrected chi connectivity index (χ0v) is 17.2. The van der Waals surface area contributed by atoms with Crippen LogP contribution in [0.3, 0.4) is 0 Å². The molecule has 0 saturated carbocycles. The highest BCUT2D eigenvalue weighted by Gasteiger charge is 2.23. The summed E-state index contributed by atoms with van der Waals surface area (Å²) in [4.78, 5) is 17.0. The highest BCUT2D eigenvalue weighted by Crippen LogP contribution is 2.24. The van der Waals surface area contributed by atoms with Gasteiger partial charge in [0, 0.05) is 61.6 Å². The zero-order chi connectivity index (χ0) is 19.6. The van der Waals surface area contributed by atoms with Gasteiger partial charge in [-0.3, -0.25) is 14.4 Å². The Morgan fingerprint density at radius 1 is 1.22 bits per heavy atom. The van der Waals surface area contributed by atoms with E-state index in [1.807, 2.05) is 48.7 Å². The Labute approximate surface area is 165 Å². The average molecular weight is 391 g/mol. The molecule has 0 bridgehead atoms. The van der Waals surface area contributed by atoms with Crippen LogP contribution in [0.5, 0.6) is 5.75 Å². The summed E-state index contributed by atoms with van der Waals surface area (Å²) < 4.78 is 7.28. The van der Waals surface area contributed by atoms with E-state index in [0.717, 1.165) is 61.0 Å². The van der Waals surface area contributed by atoms with Gasteiger partial charge >= 0.3 is 0 Å². The lowest BCUT2D eigenvalue weighted by atomic mass is 10.1. The number of halogens is 1. The maximum atomic E-state index is 12.7. The molecule has 1 saturated heterocycles. The minimum atomic E-state index is 0.175. The van der Waals surface area contributed by atoms with Crippen LogP contribution in [0.1, 0.15) is 22.5 Å². The number of piperazine rings is 1. The highest BCUT2D eigenvalue weighted by molar-refractivity contribution is 6.30. The SMILES string of the molecule is COc1ccc(Cl)cc1CN1CCN(C(=O)Cc2c(C)nn(C)c2C)CC1. The Morgan fingerprint density at radius 2 is 1.93 bits per heavy atom. The fraction of sp³-hybridized carbons (Fsp3) is 0.500. The van der Waals surface area contributed by atoms with Gasteiger partial charge in [-0.05, 0) is 32.0 Å². The van der Waals surface area contributed by atoms with Gasteiger partial charge in [-0.15, -0.1) is 0 Å². The summed E-state index contributed by atoms with van der Waals surface area (Å²) in [6, 6.07) is 5.69. The topological polar surface area (TPSA) is 50.6 Å². The molecule has 1 aliphatic rings. The Bertz CT molecular complexity index is 826. The van der Waals surface area contributed by atoms with Crippen LogP contribution in [0.4, 0.5) is 0 Å². The second kappa shape index (κ2) is 8.31. The van der Waals surface area contributed by atoms with Crippen LogP contribution in [-0.2, 0) is 24.8 Å². The first kappa shape index (κ1) is 19.7. The van der Waals surface area contributed by atoms with Gasteiger partial charge in [0.2, 0.25) is 5.91 Å². The van der Waals surface area contributed by atoms with E-state index < -0.39 is 0 Å². The van der Waals surface area contributed by atoms with E-state index in [2.05, 4.69) is 10.00 Å². The van der Waals surface area contributed by atoms with Crippen LogP contribution in [0, 0.1) is 13.8 Å². The van der Waals surface area contributed by atoms with Gasteiger partial charge in [0.15, 0.2) is 0 Å². The Balaban J connectivity index is 1.57. The summed E-state index contributed by atoms with van der Waals surface area (Å²) >= 11 is 6.13. The molecule has 0 spiro atoms. The molecule has 0 atom stereocenters. The van der Waals surface area contributed by atoms with Crippen molar-refractivity contribution in [2.24, 2.45) is 7.05 Å². The summed E-state index contributed by atoms with van der Waals surface area (Å²) in [6.07, 6.45) is 0.424. The fourth-order valence-corrected chi connectivity index (χ4v) is 3.80. The van der Waals surface area contributed by atoms with E-state index in [-0.39, 0.29) is 5.91 Å². The number of hydrogen-bond donors (Lipinski definition) is 0. The van der Waals surface area contributed by atoms with Gasteiger partial charge in [0.25, 0.3) is 0 Å². The number of ether oxygens (including phenoxy) is 1. The number of amides is 1. The second-order valence-corrected chi connectivity index (χ2v) is 7.50. The monoisotopic (exact) mass is 390 g/mol. The number of nitrogens with zero attached hydrogens (tertiary/aromatic N) is 4. The summed E-state index contributed by atoms with van der Waals surface area (Å²) in [5.74, 6) is 1.02. The van der Waals surface area contributed by atoms with Crippen molar-refractivity contribution in [3.8, 4) is 5.75 Å². The summed E-state index contributed by atoms with van der Waals surface area (Å²) in [7, 11) is 3.59. The van der Waals surface area contributed by atoms with E-state index in [1.54, 1.807) is 7.11 Å². The van der Waals surface area contributed by atoms with E-state index in [1.165, 1.54) is 0 Å². The molecule has 2 aromatic rings. The number of rotatable bonds is 5. The summed E-state index contributed by atoms with van der Waals surface area (Å²) in [5, 5.41) is 5.12. The van der Waals surface area contributed by atoms with Crippen molar-refractivity contribution in [1.29, 1.82) is 0 Å². The van der Waals surface area contributed by atoms with Gasteiger partial charge < -0.3 is 9.64 Å². The third kappa shape index (κ3) is 4.45. The molecule has 1 amide bonds. The van der Waals surface area contributed by atoms with Gasteiger partial charge in [-0.25, -0.2) is 0 Å². The van der Waals surface area contributed by atoms with Crippen LogP contribution >= 0.6 is 11.6 Å². The minimum absolute atomic E-state index is 0.175. The average Bonchev–Trinajstić information content (AvgIpc) is 2.88. The molecule has 7 heteroatoms. The van der Waals surface area contributed by atoms with Crippen LogP contribution < -0.4 is 4.74 Å². The first-order chi connectivity index (χ1) is 12.9. The van der Waals surface area contributed by atoms with Crippen molar-refractivity contribution in [3.63, 3.8) is 0 Å². The minimum Gasteiger partial charge on any atom is -0.496 e. The molecule has 3 rings (SSSR count). The number of methoxy groups -OCH3 is 1. The molecule has 1 aliphatic heterocycles. The number of aromatic nitrogens is 2. The molecular weight excluding hydrogens is 364 g/mol. The van der Waals surface area contributed by atoms with Gasteiger partial charge in [-0.1, -0.05) is 11.6 Å². The molecule has 0 radical (unpaired) electrons. The maximum Gasteiger partial charge on any atom is 0.227 e. The Morgan fingerprint density at radius 3 is 2.52 bits per heavy atom. The Hall–Kier alpha value is -2.05. The normalized spacial score (nSPS) is 15.2. The zero-order valence-electron chi connectivity index (χ0n) is 16.5. The smallest absolute Gasteiger partial charge is 0.227 e. The van der Waals surface area contributed by atoms with Gasteiger partial charge in [0.1, 0.15) is 5.75 Å². The quantitative estimate of drug-likeness (QED) is 0.787. The number of hydrogen-bond acceptors (Lipinski definition) is 4. The first-order valence-corrected chi connectivity index (χ1v) is 9.58. The van der Waals surface area contributed by atoms with Gasteiger partial charge in [0.05, 0.1) is 19.2 Å². The number of benzene rings is 1. The highest BCUT2D eigenvalue weighted by atomic mass is 35.5. The molecule has 1 fully saturated rings. The molecular formula is C20H27ClN4O2. The molecule has 0 aliphatic carbocycles. The molecule has 1 aromatic heterocycles. The summed E-state index contributed by atoms with van der Waals surface area (Å²) in [5.41, 5.74) is 4.13. The lowest BCUT2D eigenvalue weighted by Crippen LogP contribution is -2.48. The number of carbonyl (C=O) groups is 1.